The first-order valence-corrected chi connectivity index (χ1v) is 12.8. The number of rotatable bonds is 7. The van der Waals surface area contributed by atoms with Crippen LogP contribution in [0.3, 0.4) is 0 Å². The molecule has 2 heterocycles. The summed E-state index contributed by atoms with van der Waals surface area (Å²) >= 11 is 5.98. The number of aromatic nitrogens is 3. The number of anilines is 1. The number of nitrogens with zero attached hydrogens (tertiary/aromatic N) is 3. The average molecular weight is 419 g/mol. The van der Waals surface area contributed by atoms with Crippen LogP contribution >= 0.6 is 18.7 Å². The summed E-state index contributed by atoms with van der Waals surface area (Å²) in [6.45, 7) is 8.19. The van der Waals surface area contributed by atoms with Gasteiger partial charge in [-0.05, 0) is 56.7 Å². The molecule has 0 unspecified atom stereocenters. The molecule has 1 fully saturated rings. The molecule has 1 saturated carbocycles. The number of pyridine rings is 1. The Morgan fingerprint density at radius 2 is 2.04 bits per heavy atom. The highest BCUT2D eigenvalue weighted by Gasteiger charge is 2.25. The molecule has 1 aliphatic rings. The fourth-order valence-corrected chi connectivity index (χ4v) is 4.59. The van der Waals surface area contributed by atoms with Crippen LogP contribution in [0, 0.1) is 0 Å². The van der Waals surface area contributed by atoms with Crippen LogP contribution in [-0.4, -0.2) is 34.8 Å². The molecule has 1 N–H and O–H groups in total. The second-order valence-corrected chi connectivity index (χ2v) is 11.2. The molecule has 2 aromatic rings. The van der Waals surface area contributed by atoms with Crippen molar-refractivity contribution in [3.63, 3.8) is 0 Å². The van der Waals surface area contributed by atoms with Crippen molar-refractivity contribution in [3.05, 3.63) is 45.4 Å². The van der Waals surface area contributed by atoms with E-state index in [4.69, 9.17) is 16.6 Å². The topological polar surface area (TPSA) is 67.8 Å². The monoisotopic (exact) mass is 418 g/mol. The molecule has 150 valence electrons. The number of hydrogen-bond acceptors (Lipinski definition) is 5. The van der Waals surface area contributed by atoms with Gasteiger partial charge in [-0.2, -0.15) is 0 Å². The van der Waals surface area contributed by atoms with E-state index in [1.54, 1.807) is 6.20 Å². The van der Waals surface area contributed by atoms with Gasteiger partial charge < -0.3 is 9.88 Å². The fourth-order valence-electron chi connectivity index (χ4n) is 3.23. The SMILES string of the molecule is CC/C=c1/nc(C2CC2)cc/c1=C(/CNc1nc(Cl)ncc1CC)P(C)(C)=O. The van der Waals surface area contributed by atoms with Gasteiger partial charge >= 0.3 is 0 Å². The fraction of sp³-hybridized carbons (Fsp3) is 0.476. The number of nitrogens with one attached hydrogen (secondary N) is 1. The van der Waals surface area contributed by atoms with Crippen molar-refractivity contribution < 1.29 is 4.57 Å². The summed E-state index contributed by atoms with van der Waals surface area (Å²) in [5.74, 6) is 1.28. The summed E-state index contributed by atoms with van der Waals surface area (Å²) in [6, 6.07) is 4.18. The third-order valence-corrected chi connectivity index (χ3v) is 6.82. The van der Waals surface area contributed by atoms with E-state index in [9.17, 15) is 4.57 Å². The highest BCUT2D eigenvalue weighted by atomic mass is 35.5. The molecule has 5 nitrogen and oxygen atoms in total. The first kappa shape index (κ1) is 21.0. The lowest BCUT2D eigenvalue weighted by molar-refractivity contribution is 0.588. The van der Waals surface area contributed by atoms with Gasteiger partial charge in [-0.3, -0.25) is 4.98 Å². The highest BCUT2D eigenvalue weighted by molar-refractivity contribution is 7.72. The van der Waals surface area contributed by atoms with E-state index in [-0.39, 0.29) is 5.28 Å². The smallest absolute Gasteiger partial charge is 0.224 e. The van der Waals surface area contributed by atoms with Gasteiger partial charge in [0.2, 0.25) is 5.28 Å². The van der Waals surface area contributed by atoms with Crippen molar-refractivity contribution in [1.82, 2.24) is 15.0 Å². The standard InChI is InChI=1S/C21H28ClN4OP/c1-5-7-18-16(10-11-17(25-18)15-8-9-15)19(28(3,4)27)13-23-20-14(6-2)12-24-21(22)26-20/h7,10-12,15H,5-6,8-9,13H2,1-4H3,(H,23,24,26)/b18-7+,19-16+. The van der Waals surface area contributed by atoms with Crippen molar-refractivity contribution in [3.8, 4) is 0 Å². The van der Waals surface area contributed by atoms with Crippen molar-refractivity contribution >= 4 is 36.0 Å². The lowest BCUT2D eigenvalue weighted by atomic mass is 10.2. The third kappa shape index (κ3) is 5.01. The minimum atomic E-state index is -2.53. The van der Waals surface area contributed by atoms with E-state index in [1.165, 1.54) is 12.8 Å². The first-order chi connectivity index (χ1) is 13.3. The van der Waals surface area contributed by atoms with E-state index < -0.39 is 7.14 Å². The zero-order valence-electron chi connectivity index (χ0n) is 17.0. The molecule has 0 saturated heterocycles. The Hall–Kier alpha value is -1.71. The quantitative estimate of drug-likeness (QED) is 0.543. The average Bonchev–Trinajstić information content (AvgIpc) is 3.47. The maximum absolute atomic E-state index is 13.2. The molecule has 7 heteroatoms. The van der Waals surface area contributed by atoms with Gasteiger partial charge in [0.25, 0.3) is 0 Å². The Bertz CT molecular complexity index is 1030. The van der Waals surface area contributed by atoms with Gasteiger partial charge in [0.15, 0.2) is 0 Å². The molecule has 0 spiro atoms. The zero-order valence-corrected chi connectivity index (χ0v) is 18.6. The summed E-state index contributed by atoms with van der Waals surface area (Å²) < 4.78 is 13.2. The molecule has 0 atom stereocenters. The molecule has 0 aromatic carbocycles. The number of halogens is 1. The highest BCUT2D eigenvalue weighted by Crippen LogP contribution is 2.46. The van der Waals surface area contributed by atoms with E-state index in [0.29, 0.717) is 18.3 Å². The Morgan fingerprint density at radius 3 is 2.64 bits per heavy atom. The van der Waals surface area contributed by atoms with Crippen molar-refractivity contribution in [1.29, 1.82) is 0 Å². The molecule has 3 rings (SSSR count). The predicted molar refractivity (Wildman–Crippen MR) is 118 cm³/mol. The molecule has 1 aliphatic carbocycles. The lowest BCUT2D eigenvalue weighted by Gasteiger charge is -2.16. The van der Waals surface area contributed by atoms with E-state index in [0.717, 1.165) is 40.0 Å². The van der Waals surface area contributed by atoms with Crippen molar-refractivity contribution in [2.75, 3.05) is 25.2 Å². The Kier molecular flexibility index (Phi) is 6.57. The molecule has 0 aliphatic heterocycles. The van der Waals surface area contributed by atoms with Gasteiger partial charge in [0, 0.05) is 40.4 Å². The van der Waals surface area contributed by atoms with Crippen LogP contribution < -0.4 is 15.9 Å². The van der Waals surface area contributed by atoms with E-state index in [1.807, 2.05) is 20.3 Å². The van der Waals surface area contributed by atoms with Crippen LogP contribution in [0.5, 0.6) is 0 Å². The summed E-state index contributed by atoms with van der Waals surface area (Å²) in [6.07, 6.45) is 7.95. The van der Waals surface area contributed by atoms with Gasteiger partial charge in [0.05, 0.1) is 5.35 Å². The Morgan fingerprint density at radius 1 is 1.29 bits per heavy atom. The van der Waals surface area contributed by atoms with Crippen LogP contribution in [0.15, 0.2) is 18.3 Å². The van der Waals surface area contributed by atoms with Crippen molar-refractivity contribution in [2.24, 2.45) is 0 Å². The van der Waals surface area contributed by atoms with Crippen molar-refractivity contribution in [2.45, 2.75) is 45.4 Å². The molecule has 0 radical (unpaired) electrons. The molecule has 2 aromatic heterocycles. The molecule has 0 bridgehead atoms. The van der Waals surface area contributed by atoms with Crippen LogP contribution in [0.25, 0.3) is 11.4 Å². The Balaban J connectivity index is 2.07. The normalized spacial score (nSPS) is 16.2. The van der Waals surface area contributed by atoms with Gasteiger partial charge in [-0.15, -0.1) is 0 Å². The van der Waals surface area contributed by atoms with E-state index in [2.05, 4.69) is 40.4 Å². The summed E-state index contributed by atoms with van der Waals surface area (Å²) in [5.41, 5.74) is 2.13. The van der Waals surface area contributed by atoms with Gasteiger partial charge in [-0.1, -0.05) is 26.0 Å². The second-order valence-electron chi connectivity index (χ2n) is 7.57. The van der Waals surface area contributed by atoms with Crippen LogP contribution in [-0.2, 0) is 11.0 Å². The molecule has 28 heavy (non-hydrogen) atoms. The van der Waals surface area contributed by atoms with Gasteiger partial charge in [-0.25, -0.2) is 9.97 Å². The first-order valence-electron chi connectivity index (χ1n) is 9.84. The second kappa shape index (κ2) is 8.75. The molecule has 0 amide bonds. The minimum Gasteiger partial charge on any atom is -0.365 e. The number of hydrogen-bond donors (Lipinski definition) is 1. The van der Waals surface area contributed by atoms with Crippen LogP contribution in [0.2, 0.25) is 5.28 Å². The summed E-state index contributed by atoms with van der Waals surface area (Å²) in [7, 11) is -2.53. The maximum Gasteiger partial charge on any atom is 0.224 e. The largest absolute Gasteiger partial charge is 0.365 e. The Labute approximate surface area is 171 Å². The minimum absolute atomic E-state index is 0.202. The molecular formula is C21H28ClN4OP. The van der Waals surface area contributed by atoms with E-state index >= 15 is 0 Å². The summed E-state index contributed by atoms with van der Waals surface area (Å²) in [4.78, 5) is 13.3. The lowest BCUT2D eigenvalue weighted by Crippen LogP contribution is -2.33. The van der Waals surface area contributed by atoms with Crippen LogP contribution in [0.1, 0.15) is 50.3 Å². The zero-order chi connectivity index (χ0) is 20.3. The number of aryl methyl sites for hydroxylation is 1. The summed E-state index contributed by atoms with van der Waals surface area (Å²) in [5, 5.41) is 6.32. The maximum atomic E-state index is 13.2. The third-order valence-electron chi connectivity index (χ3n) is 4.94. The van der Waals surface area contributed by atoms with Gasteiger partial charge in [0.1, 0.15) is 13.0 Å². The molecular weight excluding hydrogens is 391 g/mol. The predicted octanol–water partition coefficient (Wildman–Crippen LogP) is 4.00. The van der Waals surface area contributed by atoms with Crippen LogP contribution in [0.4, 0.5) is 5.82 Å².